The minimum absolute atomic E-state index is 0.267. The monoisotopic (exact) mass is 453 g/mol. The molecule has 0 saturated carbocycles. The third-order valence-electron chi connectivity index (χ3n) is 6.97. The Kier molecular flexibility index (Phi) is 6.03. The lowest BCUT2D eigenvalue weighted by Gasteiger charge is -2.36. The zero-order chi connectivity index (χ0) is 23.0. The minimum atomic E-state index is -0.267. The van der Waals surface area contributed by atoms with Crippen LogP contribution in [0.2, 0.25) is 0 Å². The Labute approximate surface area is 193 Å². The molecule has 1 atom stereocenters. The number of carbonyl (C=O) groups is 1. The first kappa shape index (κ1) is 22.4. The van der Waals surface area contributed by atoms with Crippen molar-refractivity contribution >= 4 is 38.8 Å². The Morgan fingerprint density at radius 3 is 2.75 bits per heavy atom. The quantitative estimate of drug-likeness (QED) is 0.501. The van der Waals surface area contributed by atoms with Crippen LogP contribution in [0, 0.1) is 11.3 Å². The summed E-state index contributed by atoms with van der Waals surface area (Å²) < 4.78 is 10.6. The van der Waals surface area contributed by atoms with Crippen LogP contribution in [-0.4, -0.2) is 25.1 Å². The van der Waals surface area contributed by atoms with Crippen LogP contribution in [0.3, 0.4) is 0 Å². The summed E-state index contributed by atoms with van der Waals surface area (Å²) in [5.41, 5.74) is 10.2. The lowest BCUT2D eigenvalue weighted by Crippen LogP contribution is -2.29. The van der Waals surface area contributed by atoms with Crippen molar-refractivity contribution in [3.63, 3.8) is 0 Å². The number of pyridine rings is 1. The van der Waals surface area contributed by atoms with Crippen LogP contribution < -0.4 is 20.5 Å². The van der Waals surface area contributed by atoms with Gasteiger partial charge in [-0.2, -0.15) is 0 Å². The molecule has 0 fully saturated rings. The van der Waals surface area contributed by atoms with E-state index >= 15 is 0 Å². The second-order valence-corrected chi connectivity index (χ2v) is 10.1. The van der Waals surface area contributed by atoms with Gasteiger partial charge in [0.2, 0.25) is 0 Å². The van der Waals surface area contributed by atoms with Gasteiger partial charge in [0.05, 0.1) is 25.6 Å². The average molecular weight is 454 g/mol. The molecule has 0 spiro atoms. The minimum Gasteiger partial charge on any atom is -0.497 e. The molecule has 6 nitrogen and oxygen atoms in total. The second-order valence-electron chi connectivity index (χ2n) is 9.09. The fourth-order valence-corrected chi connectivity index (χ4v) is 5.39. The molecule has 4 rings (SSSR count). The van der Waals surface area contributed by atoms with E-state index < -0.39 is 0 Å². The van der Waals surface area contributed by atoms with Crippen molar-refractivity contribution in [2.75, 3.05) is 25.3 Å². The molecule has 7 heteroatoms. The van der Waals surface area contributed by atoms with Crippen molar-refractivity contribution < 1.29 is 14.3 Å². The number of nitrogens with one attached hydrogen (secondary N) is 1. The number of nitrogens with zero attached hydrogens (tertiary/aromatic N) is 1. The van der Waals surface area contributed by atoms with Crippen molar-refractivity contribution in [2.24, 2.45) is 11.3 Å². The molecule has 3 N–H and O–H groups in total. The largest absolute Gasteiger partial charge is 0.497 e. The number of fused-ring (bicyclic) bond motifs is 2. The Balaban J connectivity index is 1.64. The molecule has 1 amide bonds. The SMILES string of the molecule is CCC(C)(C)C1CCc2nc3sc(C(=O)Nc4ccc(OC)cc4OC)c(N)c3cc2C1. The van der Waals surface area contributed by atoms with Gasteiger partial charge < -0.3 is 20.5 Å². The summed E-state index contributed by atoms with van der Waals surface area (Å²) in [5.74, 6) is 1.54. The standard InChI is InChI=1S/C25H31N3O3S/c1-6-25(2,3)15-7-9-18-14(11-15)12-17-21(26)22(32-24(17)28-18)23(29)27-19-10-8-16(30-4)13-20(19)31-5/h8,10,12-13,15H,6-7,9,11,26H2,1-5H3,(H,27,29). The number of benzene rings is 1. The normalized spacial score (nSPS) is 16.0. The summed E-state index contributed by atoms with van der Waals surface area (Å²) in [7, 11) is 3.14. The molecule has 1 aliphatic rings. The van der Waals surface area contributed by atoms with Crippen LogP contribution in [0.1, 0.15) is 54.5 Å². The van der Waals surface area contributed by atoms with E-state index in [0.717, 1.165) is 41.6 Å². The van der Waals surface area contributed by atoms with E-state index in [0.29, 0.717) is 39.1 Å². The van der Waals surface area contributed by atoms with Gasteiger partial charge in [-0.25, -0.2) is 4.98 Å². The molecular formula is C25H31N3O3S. The maximum absolute atomic E-state index is 13.1. The van der Waals surface area contributed by atoms with Crippen LogP contribution in [-0.2, 0) is 12.8 Å². The number of amides is 1. The number of hydrogen-bond acceptors (Lipinski definition) is 6. The highest BCUT2D eigenvalue weighted by Gasteiger charge is 2.32. The van der Waals surface area contributed by atoms with E-state index in [2.05, 4.69) is 32.2 Å². The summed E-state index contributed by atoms with van der Waals surface area (Å²) in [6.07, 6.45) is 4.29. The lowest BCUT2D eigenvalue weighted by molar-refractivity contribution is 0.103. The number of carbonyl (C=O) groups excluding carboxylic acids is 1. The van der Waals surface area contributed by atoms with Crippen molar-refractivity contribution in [1.29, 1.82) is 0 Å². The van der Waals surface area contributed by atoms with E-state index in [4.69, 9.17) is 20.2 Å². The summed E-state index contributed by atoms with van der Waals surface area (Å²) in [4.78, 5) is 19.3. The van der Waals surface area contributed by atoms with Crippen molar-refractivity contribution in [3.8, 4) is 11.5 Å². The van der Waals surface area contributed by atoms with Gasteiger partial charge in [0.1, 0.15) is 21.2 Å². The Bertz CT molecular complexity index is 1170. The maximum Gasteiger partial charge on any atom is 0.268 e. The summed E-state index contributed by atoms with van der Waals surface area (Å²) >= 11 is 1.34. The second kappa shape index (κ2) is 8.62. The van der Waals surface area contributed by atoms with Crippen molar-refractivity contribution in [2.45, 2.75) is 46.5 Å². The highest BCUT2D eigenvalue weighted by atomic mass is 32.1. The number of aryl methyl sites for hydroxylation is 1. The number of nitrogen functional groups attached to an aromatic ring is 1. The molecule has 170 valence electrons. The number of aromatic nitrogens is 1. The highest BCUT2D eigenvalue weighted by molar-refractivity contribution is 7.21. The molecule has 1 unspecified atom stereocenters. The first-order valence-electron chi connectivity index (χ1n) is 11.0. The first-order chi connectivity index (χ1) is 15.3. The predicted octanol–water partition coefficient (Wildman–Crippen LogP) is 5.69. The summed E-state index contributed by atoms with van der Waals surface area (Å²) in [5, 5.41) is 3.79. The molecule has 0 bridgehead atoms. The maximum atomic E-state index is 13.1. The number of thiophene rings is 1. The zero-order valence-corrected chi connectivity index (χ0v) is 20.2. The van der Waals surface area contributed by atoms with Gasteiger partial charge >= 0.3 is 0 Å². The Hall–Kier alpha value is -2.80. The van der Waals surface area contributed by atoms with E-state index in [-0.39, 0.29) is 5.91 Å². The molecule has 1 aromatic carbocycles. The molecule has 1 aliphatic carbocycles. The number of rotatable bonds is 6. The molecule has 2 heterocycles. The fourth-order valence-electron chi connectivity index (χ4n) is 4.40. The average Bonchev–Trinajstić information content (AvgIpc) is 3.12. The molecular weight excluding hydrogens is 422 g/mol. The zero-order valence-electron chi connectivity index (χ0n) is 19.4. The van der Waals surface area contributed by atoms with Gasteiger partial charge in [-0.05, 0) is 54.4 Å². The molecule has 32 heavy (non-hydrogen) atoms. The number of nitrogens with two attached hydrogens (primary N) is 1. The number of anilines is 2. The van der Waals surface area contributed by atoms with Gasteiger partial charge in [-0.15, -0.1) is 11.3 Å². The molecule has 3 aromatic rings. The number of methoxy groups -OCH3 is 2. The number of hydrogen-bond donors (Lipinski definition) is 2. The molecule has 0 aliphatic heterocycles. The van der Waals surface area contributed by atoms with Gasteiger partial charge in [-0.1, -0.05) is 27.2 Å². The fraction of sp³-hybridized carbons (Fsp3) is 0.440. The van der Waals surface area contributed by atoms with Crippen LogP contribution >= 0.6 is 11.3 Å². The van der Waals surface area contributed by atoms with Crippen LogP contribution in [0.5, 0.6) is 11.5 Å². The van der Waals surface area contributed by atoms with Gasteiger partial charge in [0.25, 0.3) is 5.91 Å². The predicted molar refractivity (Wildman–Crippen MR) is 131 cm³/mol. The summed E-state index contributed by atoms with van der Waals surface area (Å²) in [6, 6.07) is 7.42. The van der Waals surface area contributed by atoms with Gasteiger partial charge in [-0.3, -0.25) is 4.79 Å². The topological polar surface area (TPSA) is 86.5 Å². The van der Waals surface area contributed by atoms with E-state index in [1.54, 1.807) is 32.4 Å². The van der Waals surface area contributed by atoms with E-state index in [1.165, 1.54) is 16.9 Å². The number of ether oxygens (including phenoxy) is 2. The smallest absolute Gasteiger partial charge is 0.268 e. The molecule has 0 saturated heterocycles. The Morgan fingerprint density at radius 2 is 2.06 bits per heavy atom. The van der Waals surface area contributed by atoms with Crippen LogP contribution in [0.15, 0.2) is 24.3 Å². The Morgan fingerprint density at radius 1 is 1.28 bits per heavy atom. The third kappa shape index (κ3) is 4.01. The van der Waals surface area contributed by atoms with E-state index in [9.17, 15) is 4.79 Å². The van der Waals surface area contributed by atoms with Gasteiger partial charge in [0.15, 0.2) is 0 Å². The summed E-state index contributed by atoms with van der Waals surface area (Å²) in [6.45, 7) is 6.96. The van der Waals surface area contributed by atoms with Gasteiger partial charge in [0, 0.05) is 17.1 Å². The van der Waals surface area contributed by atoms with Crippen molar-refractivity contribution in [1.82, 2.24) is 4.98 Å². The van der Waals surface area contributed by atoms with Crippen LogP contribution in [0.4, 0.5) is 11.4 Å². The highest BCUT2D eigenvalue weighted by Crippen LogP contribution is 2.42. The third-order valence-corrected chi connectivity index (χ3v) is 8.08. The first-order valence-corrected chi connectivity index (χ1v) is 11.8. The van der Waals surface area contributed by atoms with Crippen LogP contribution in [0.25, 0.3) is 10.2 Å². The molecule has 2 aromatic heterocycles. The molecule has 0 radical (unpaired) electrons. The van der Waals surface area contributed by atoms with E-state index in [1.807, 2.05) is 0 Å². The van der Waals surface area contributed by atoms with Crippen molar-refractivity contribution in [3.05, 3.63) is 40.4 Å². The lowest BCUT2D eigenvalue weighted by atomic mass is 9.69.